The summed E-state index contributed by atoms with van der Waals surface area (Å²) in [6, 6.07) is -0.240. The molecule has 4 nitrogen and oxygen atoms in total. The lowest BCUT2D eigenvalue weighted by Crippen LogP contribution is -2.49. The second kappa shape index (κ2) is 3.69. The van der Waals surface area contributed by atoms with Crippen molar-refractivity contribution in [2.45, 2.75) is 50.7 Å². The van der Waals surface area contributed by atoms with Crippen molar-refractivity contribution in [1.29, 1.82) is 0 Å². The number of imide groups is 1. The molecule has 1 aliphatic heterocycles. The van der Waals surface area contributed by atoms with Crippen molar-refractivity contribution in [2.24, 2.45) is 0 Å². The number of hydrogen-bond acceptors (Lipinski definition) is 3. The van der Waals surface area contributed by atoms with Gasteiger partial charge in [0, 0.05) is 12.8 Å². The Morgan fingerprint density at radius 1 is 1.07 bits per heavy atom. The fourth-order valence-electron chi connectivity index (χ4n) is 2.36. The molecular formula is C10H15NO3. The Labute approximate surface area is 82.9 Å². The van der Waals surface area contributed by atoms with Crippen LogP contribution in [-0.4, -0.2) is 34.0 Å². The van der Waals surface area contributed by atoms with Crippen LogP contribution in [0.3, 0.4) is 0 Å². The average molecular weight is 197 g/mol. The molecule has 1 aliphatic carbocycles. The lowest BCUT2D eigenvalue weighted by atomic mass is 10.0. The summed E-state index contributed by atoms with van der Waals surface area (Å²) in [6.45, 7) is 0. The largest absolute Gasteiger partial charge is 0.391 e. The van der Waals surface area contributed by atoms with Gasteiger partial charge in [0.15, 0.2) is 0 Å². The summed E-state index contributed by atoms with van der Waals surface area (Å²) in [5, 5.41) is 9.63. The van der Waals surface area contributed by atoms with E-state index in [0.717, 1.165) is 12.8 Å². The maximum atomic E-state index is 11.5. The van der Waals surface area contributed by atoms with E-state index in [1.54, 1.807) is 0 Å². The van der Waals surface area contributed by atoms with E-state index in [1.165, 1.54) is 4.90 Å². The molecule has 14 heavy (non-hydrogen) atoms. The van der Waals surface area contributed by atoms with Gasteiger partial charge >= 0.3 is 0 Å². The minimum atomic E-state index is -0.499. The third-order valence-corrected chi connectivity index (χ3v) is 3.09. The molecule has 1 saturated heterocycles. The van der Waals surface area contributed by atoms with Gasteiger partial charge in [-0.15, -0.1) is 0 Å². The standard InChI is InChI=1S/C10H15NO3/c12-8-4-1-3-7(8)11-9(13)5-2-6-10(11)14/h7-8,12H,1-6H2/t7-,8-/m0/s1. The van der Waals surface area contributed by atoms with E-state index in [2.05, 4.69) is 0 Å². The number of rotatable bonds is 1. The number of amides is 2. The van der Waals surface area contributed by atoms with Gasteiger partial charge in [0.1, 0.15) is 0 Å². The molecule has 2 amide bonds. The minimum absolute atomic E-state index is 0.104. The van der Waals surface area contributed by atoms with Crippen LogP contribution in [0.1, 0.15) is 38.5 Å². The Bertz CT molecular complexity index is 248. The summed E-state index contributed by atoms with van der Waals surface area (Å²) in [5.74, 6) is -0.209. The zero-order valence-electron chi connectivity index (χ0n) is 8.11. The van der Waals surface area contributed by atoms with Crippen LogP contribution in [0.15, 0.2) is 0 Å². The highest BCUT2D eigenvalue weighted by Gasteiger charge is 2.38. The molecule has 0 aromatic heterocycles. The number of likely N-dealkylation sites (tertiary alicyclic amines) is 1. The first-order valence-corrected chi connectivity index (χ1v) is 5.23. The van der Waals surface area contributed by atoms with Crippen LogP contribution >= 0.6 is 0 Å². The molecule has 4 heteroatoms. The third-order valence-electron chi connectivity index (χ3n) is 3.09. The Hall–Kier alpha value is -0.900. The first-order chi connectivity index (χ1) is 6.70. The van der Waals surface area contributed by atoms with E-state index in [1.807, 2.05) is 0 Å². The smallest absolute Gasteiger partial charge is 0.229 e. The van der Waals surface area contributed by atoms with Crippen LogP contribution < -0.4 is 0 Å². The molecule has 2 rings (SSSR count). The van der Waals surface area contributed by atoms with Crippen molar-refractivity contribution in [1.82, 2.24) is 4.90 Å². The van der Waals surface area contributed by atoms with Gasteiger partial charge < -0.3 is 5.11 Å². The number of carbonyl (C=O) groups is 2. The maximum Gasteiger partial charge on any atom is 0.229 e. The summed E-state index contributed by atoms with van der Waals surface area (Å²) >= 11 is 0. The second-order valence-electron chi connectivity index (χ2n) is 4.08. The molecule has 78 valence electrons. The first kappa shape index (κ1) is 9.65. The fourth-order valence-corrected chi connectivity index (χ4v) is 2.36. The van der Waals surface area contributed by atoms with Crippen LogP contribution in [0.5, 0.6) is 0 Å². The van der Waals surface area contributed by atoms with Gasteiger partial charge in [-0.25, -0.2) is 0 Å². The van der Waals surface area contributed by atoms with Crippen molar-refractivity contribution in [3.63, 3.8) is 0 Å². The molecule has 0 aromatic rings. The van der Waals surface area contributed by atoms with Crippen molar-refractivity contribution < 1.29 is 14.7 Å². The third kappa shape index (κ3) is 1.54. The number of piperidine rings is 1. The molecule has 0 bridgehead atoms. The molecule has 1 saturated carbocycles. The lowest BCUT2D eigenvalue weighted by Gasteiger charge is -2.32. The van der Waals surface area contributed by atoms with E-state index in [4.69, 9.17) is 0 Å². The number of aliphatic hydroxyl groups is 1. The molecule has 0 radical (unpaired) electrons. The van der Waals surface area contributed by atoms with Gasteiger partial charge in [0.05, 0.1) is 12.1 Å². The van der Waals surface area contributed by atoms with E-state index < -0.39 is 6.10 Å². The molecule has 0 unspecified atom stereocenters. The molecule has 2 atom stereocenters. The normalized spacial score (nSPS) is 33.9. The van der Waals surface area contributed by atoms with Crippen molar-refractivity contribution in [3.8, 4) is 0 Å². The number of nitrogens with zero attached hydrogens (tertiary/aromatic N) is 1. The SMILES string of the molecule is O=C1CCCC(=O)N1[C@H]1CCC[C@@H]1O. The lowest BCUT2D eigenvalue weighted by molar-refractivity contribution is -0.153. The monoisotopic (exact) mass is 197 g/mol. The van der Waals surface area contributed by atoms with Gasteiger partial charge in [-0.3, -0.25) is 14.5 Å². The topological polar surface area (TPSA) is 57.6 Å². The molecular weight excluding hydrogens is 182 g/mol. The maximum absolute atomic E-state index is 11.5. The quantitative estimate of drug-likeness (QED) is 0.620. The van der Waals surface area contributed by atoms with Crippen molar-refractivity contribution in [2.75, 3.05) is 0 Å². The van der Waals surface area contributed by atoms with Gasteiger partial charge in [0.2, 0.25) is 11.8 Å². The van der Waals surface area contributed by atoms with Gasteiger partial charge in [-0.2, -0.15) is 0 Å². The minimum Gasteiger partial charge on any atom is -0.391 e. The molecule has 0 spiro atoms. The number of hydrogen-bond donors (Lipinski definition) is 1. The summed E-state index contributed by atoms with van der Waals surface area (Å²) in [6.07, 6.45) is 3.45. The zero-order valence-corrected chi connectivity index (χ0v) is 8.11. The molecule has 1 N–H and O–H groups in total. The molecule has 2 aliphatic rings. The van der Waals surface area contributed by atoms with Crippen molar-refractivity contribution >= 4 is 11.8 Å². The summed E-state index contributed by atoms with van der Waals surface area (Å²) in [7, 11) is 0. The predicted molar refractivity (Wildman–Crippen MR) is 49.3 cm³/mol. The van der Waals surface area contributed by atoms with Gasteiger partial charge in [-0.05, 0) is 25.7 Å². The summed E-state index contributed by atoms with van der Waals surface area (Å²) in [5.41, 5.74) is 0. The van der Waals surface area contributed by atoms with Crippen LogP contribution in [-0.2, 0) is 9.59 Å². The van der Waals surface area contributed by atoms with E-state index in [-0.39, 0.29) is 17.9 Å². The Balaban J connectivity index is 2.13. The summed E-state index contributed by atoms with van der Waals surface area (Å²) < 4.78 is 0. The Morgan fingerprint density at radius 3 is 2.21 bits per heavy atom. The van der Waals surface area contributed by atoms with Gasteiger partial charge in [-0.1, -0.05) is 0 Å². The van der Waals surface area contributed by atoms with Crippen LogP contribution in [0.4, 0.5) is 0 Å². The number of aliphatic hydroxyl groups excluding tert-OH is 1. The van der Waals surface area contributed by atoms with Gasteiger partial charge in [0.25, 0.3) is 0 Å². The molecule has 1 heterocycles. The first-order valence-electron chi connectivity index (χ1n) is 5.23. The highest BCUT2D eigenvalue weighted by molar-refractivity contribution is 5.98. The van der Waals surface area contributed by atoms with Crippen LogP contribution in [0, 0.1) is 0 Å². The average Bonchev–Trinajstić information content (AvgIpc) is 2.52. The predicted octanol–water partition coefficient (Wildman–Crippen LogP) is 0.439. The van der Waals surface area contributed by atoms with Crippen LogP contribution in [0.2, 0.25) is 0 Å². The molecule has 2 fully saturated rings. The van der Waals surface area contributed by atoms with E-state index >= 15 is 0 Å². The highest BCUT2D eigenvalue weighted by Crippen LogP contribution is 2.27. The Morgan fingerprint density at radius 2 is 1.71 bits per heavy atom. The van der Waals surface area contributed by atoms with E-state index in [0.29, 0.717) is 25.7 Å². The van der Waals surface area contributed by atoms with Crippen LogP contribution in [0.25, 0.3) is 0 Å². The highest BCUT2D eigenvalue weighted by atomic mass is 16.3. The fraction of sp³-hybridized carbons (Fsp3) is 0.800. The summed E-state index contributed by atoms with van der Waals surface area (Å²) in [4.78, 5) is 24.4. The Kier molecular flexibility index (Phi) is 2.54. The second-order valence-corrected chi connectivity index (χ2v) is 4.08. The van der Waals surface area contributed by atoms with E-state index in [9.17, 15) is 14.7 Å². The number of carbonyl (C=O) groups excluding carboxylic acids is 2. The van der Waals surface area contributed by atoms with Crippen molar-refractivity contribution in [3.05, 3.63) is 0 Å². The zero-order chi connectivity index (χ0) is 10.1. The molecule has 0 aromatic carbocycles.